The Bertz CT molecular complexity index is 744. The van der Waals surface area contributed by atoms with Gasteiger partial charge in [0.05, 0.1) is 4.90 Å². The minimum Gasteiger partial charge on any atom is -0.293 e. The highest BCUT2D eigenvalue weighted by Crippen LogP contribution is 2.17. The fourth-order valence-electron chi connectivity index (χ4n) is 2.17. The Morgan fingerprint density at radius 1 is 1.00 bits per heavy atom. The lowest BCUT2D eigenvalue weighted by Gasteiger charge is -2.07. The first kappa shape index (κ1) is 15.4. The van der Waals surface area contributed by atoms with Gasteiger partial charge in [-0.05, 0) is 30.5 Å². The highest BCUT2D eigenvalue weighted by Gasteiger charge is 2.21. The Hall–Kier alpha value is -1.94. The average molecular weight is 302 g/mol. The van der Waals surface area contributed by atoms with Crippen LogP contribution in [0.4, 0.5) is 0 Å². The van der Waals surface area contributed by atoms with Crippen LogP contribution >= 0.6 is 0 Å². The summed E-state index contributed by atoms with van der Waals surface area (Å²) in [6, 6.07) is 13.8. The van der Waals surface area contributed by atoms with E-state index in [-0.39, 0.29) is 10.7 Å². The molecule has 0 saturated carbocycles. The molecule has 2 aromatic carbocycles. The summed E-state index contributed by atoms with van der Waals surface area (Å²) in [5, 5.41) is 0. The molecule has 21 heavy (non-hydrogen) atoms. The standard InChI is InChI=1S/C17H18O3S/c1-3-14-8-10-15(11-9-14)16(18)12-21(19,20)17-7-5-4-6-13(17)2/h4-11H,3,12H2,1-2H3. The van der Waals surface area contributed by atoms with Gasteiger partial charge in [-0.2, -0.15) is 0 Å². The lowest BCUT2D eigenvalue weighted by Crippen LogP contribution is -2.17. The molecule has 0 radical (unpaired) electrons. The molecular formula is C17H18O3S. The Labute approximate surface area is 125 Å². The lowest BCUT2D eigenvalue weighted by molar-refractivity contribution is 0.102. The smallest absolute Gasteiger partial charge is 0.186 e. The number of carbonyl (C=O) groups excluding carboxylic acids is 1. The van der Waals surface area contributed by atoms with Gasteiger partial charge in [0.25, 0.3) is 0 Å². The molecule has 0 spiro atoms. The van der Waals surface area contributed by atoms with Gasteiger partial charge in [-0.15, -0.1) is 0 Å². The molecule has 0 heterocycles. The number of hydrogen-bond acceptors (Lipinski definition) is 3. The highest BCUT2D eigenvalue weighted by atomic mass is 32.2. The number of rotatable bonds is 5. The van der Waals surface area contributed by atoms with Crippen LogP contribution in [0.3, 0.4) is 0 Å². The quantitative estimate of drug-likeness (QED) is 0.797. The summed E-state index contributed by atoms with van der Waals surface area (Å²) in [5.41, 5.74) is 2.21. The van der Waals surface area contributed by atoms with Gasteiger partial charge in [-0.3, -0.25) is 4.79 Å². The maximum atomic E-state index is 12.3. The van der Waals surface area contributed by atoms with Crippen molar-refractivity contribution in [3.8, 4) is 0 Å². The van der Waals surface area contributed by atoms with Crippen LogP contribution in [0.25, 0.3) is 0 Å². The first-order chi connectivity index (χ1) is 9.94. The Balaban J connectivity index is 2.24. The lowest BCUT2D eigenvalue weighted by atomic mass is 10.1. The molecule has 0 unspecified atom stereocenters. The van der Waals surface area contributed by atoms with Crippen LogP contribution in [-0.4, -0.2) is 20.0 Å². The Kier molecular flexibility index (Phi) is 4.58. The molecule has 0 aliphatic heterocycles. The monoisotopic (exact) mass is 302 g/mol. The van der Waals surface area contributed by atoms with Crippen molar-refractivity contribution < 1.29 is 13.2 Å². The van der Waals surface area contributed by atoms with E-state index in [0.717, 1.165) is 12.0 Å². The average Bonchev–Trinajstić information content (AvgIpc) is 2.47. The van der Waals surface area contributed by atoms with Crippen LogP contribution in [0.15, 0.2) is 53.4 Å². The van der Waals surface area contributed by atoms with Crippen molar-refractivity contribution in [1.29, 1.82) is 0 Å². The van der Waals surface area contributed by atoms with Crippen molar-refractivity contribution in [1.82, 2.24) is 0 Å². The first-order valence-corrected chi connectivity index (χ1v) is 8.50. The summed E-state index contributed by atoms with van der Waals surface area (Å²) in [4.78, 5) is 12.4. The molecule has 0 atom stereocenters. The molecule has 0 fully saturated rings. The van der Waals surface area contributed by atoms with E-state index in [1.807, 2.05) is 19.1 Å². The van der Waals surface area contributed by atoms with Gasteiger partial charge >= 0.3 is 0 Å². The third-order valence-electron chi connectivity index (χ3n) is 3.43. The molecule has 0 aromatic heterocycles. The SMILES string of the molecule is CCc1ccc(C(=O)CS(=O)(=O)c2ccccc2C)cc1. The van der Waals surface area contributed by atoms with Gasteiger partial charge < -0.3 is 0 Å². The summed E-state index contributed by atoms with van der Waals surface area (Å²) in [6.07, 6.45) is 0.885. The third-order valence-corrected chi connectivity index (χ3v) is 5.20. The van der Waals surface area contributed by atoms with Gasteiger partial charge in [-0.1, -0.05) is 49.4 Å². The molecule has 3 nitrogen and oxygen atoms in total. The van der Waals surface area contributed by atoms with Crippen molar-refractivity contribution in [2.75, 3.05) is 5.75 Å². The number of aryl methyl sites for hydroxylation is 2. The number of carbonyl (C=O) groups is 1. The molecule has 0 aliphatic carbocycles. The van der Waals surface area contributed by atoms with Crippen LogP contribution in [-0.2, 0) is 16.3 Å². The maximum absolute atomic E-state index is 12.3. The summed E-state index contributed by atoms with van der Waals surface area (Å²) >= 11 is 0. The predicted octanol–water partition coefficient (Wildman–Crippen LogP) is 3.21. The number of Topliss-reactive ketones (excluding diaryl/α,β-unsaturated/α-hetero) is 1. The zero-order valence-corrected chi connectivity index (χ0v) is 13.0. The molecule has 0 bridgehead atoms. The number of ketones is 1. The maximum Gasteiger partial charge on any atom is 0.186 e. The zero-order valence-electron chi connectivity index (χ0n) is 12.2. The van der Waals surface area contributed by atoms with Gasteiger partial charge in [-0.25, -0.2) is 8.42 Å². The van der Waals surface area contributed by atoms with E-state index in [0.29, 0.717) is 11.1 Å². The number of hydrogen-bond donors (Lipinski definition) is 0. The predicted molar refractivity (Wildman–Crippen MR) is 83.4 cm³/mol. The summed E-state index contributed by atoms with van der Waals surface area (Å²) in [6.45, 7) is 3.76. The van der Waals surface area contributed by atoms with E-state index in [1.54, 1.807) is 37.3 Å². The summed E-state index contributed by atoms with van der Waals surface area (Å²) in [7, 11) is -3.60. The molecule has 0 saturated heterocycles. The second-order valence-corrected chi connectivity index (χ2v) is 6.96. The molecule has 4 heteroatoms. The van der Waals surface area contributed by atoms with Gasteiger partial charge in [0.15, 0.2) is 15.6 Å². The van der Waals surface area contributed by atoms with Crippen LogP contribution in [0.2, 0.25) is 0 Å². The topological polar surface area (TPSA) is 51.2 Å². The van der Waals surface area contributed by atoms with Gasteiger partial charge in [0, 0.05) is 5.56 Å². The van der Waals surface area contributed by atoms with Gasteiger partial charge in [0.1, 0.15) is 5.75 Å². The first-order valence-electron chi connectivity index (χ1n) is 6.84. The minimum absolute atomic E-state index is 0.225. The van der Waals surface area contributed by atoms with E-state index >= 15 is 0 Å². The van der Waals surface area contributed by atoms with Crippen LogP contribution in [0, 0.1) is 6.92 Å². The second kappa shape index (κ2) is 6.22. The minimum atomic E-state index is -3.60. The Morgan fingerprint density at radius 3 is 2.19 bits per heavy atom. The van der Waals surface area contributed by atoms with Crippen LogP contribution in [0.1, 0.15) is 28.4 Å². The number of benzene rings is 2. The van der Waals surface area contributed by atoms with Crippen LogP contribution in [0.5, 0.6) is 0 Å². The van der Waals surface area contributed by atoms with Crippen molar-refractivity contribution in [3.05, 3.63) is 65.2 Å². The normalized spacial score (nSPS) is 11.3. The second-order valence-electron chi connectivity index (χ2n) is 5.00. The Morgan fingerprint density at radius 2 is 1.62 bits per heavy atom. The zero-order chi connectivity index (χ0) is 15.5. The van der Waals surface area contributed by atoms with Crippen molar-refractivity contribution in [3.63, 3.8) is 0 Å². The molecule has 0 aliphatic rings. The molecule has 0 amide bonds. The highest BCUT2D eigenvalue weighted by molar-refractivity contribution is 7.92. The summed E-state index contributed by atoms with van der Waals surface area (Å²) < 4.78 is 24.7. The fourth-order valence-corrected chi connectivity index (χ4v) is 3.68. The number of sulfone groups is 1. The molecule has 2 aromatic rings. The van der Waals surface area contributed by atoms with Crippen molar-refractivity contribution in [2.45, 2.75) is 25.2 Å². The third kappa shape index (κ3) is 3.58. The molecular weight excluding hydrogens is 284 g/mol. The fraction of sp³-hybridized carbons (Fsp3) is 0.235. The van der Waals surface area contributed by atoms with E-state index in [4.69, 9.17) is 0 Å². The summed E-state index contributed by atoms with van der Waals surface area (Å²) in [5.74, 6) is -0.871. The van der Waals surface area contributed by atoms with Crippen molar-refractivity contribution >= 4 is 15.6 Å². The molecule has 110 valence electrons. The van der Waals surface area contributed by atoms with Crippen molar-refractivity contribution in [2.24, 2.45) is 0 Å². The van der Waals surface area contributed by atoms with Crippen LogP contribution < -0.4 is 0 Å². The van der Waals surface area contributed by atoms with Gasteiger partial charge in [0.2, 0.25) is 0 Å². The molecule has 0 N–H and O–H groups in total. The van der Waals surface area contributed by atoms with E-state index in [9.17, 15) is 13.2 Å². The van der Waals surface area contributed by atoms with E-state index in [2.05, 4.69) is 0 Å². The largest absolute Gasteiger partial charge is 0.293 e. The van der Waals surface area contributed by atoms with E-state index < -0.39 is 15.6 Å². The van der Waals surface area contributed by atoms with E-state index in [1.165, 1.54) is 6.07 Å². The molecule has 2 rings (SSSR count).